The van der Waals surface area contributed by atoms with Crippen LogP contribution in [0.1, 0.15) is 16.1 Å². The largest absolute Gasteiger partial charge is 0.496 e. The predicted molar refractivity (Wildman–Crippen MR) is 104 cm³/mol. The smallest absolute Gasteiger partial charge is 0.338 e. The number of carbonyl (C=O) groups excluding carboxylic acids is 1. The van der Waals surface area contributed by atoms with Crippen LogP contribution in [-0.2, 0) is 11.3 Å². The standard InChI is InChI=1S/C20H20N2O3S/c1-22(2)16-10-8-14(9-11-16)20(23)25-12-15-13-26-19(21-15)17-6-4-5-7-18(17)24-3/h4-11,13H,12H2,1-3H3. The molecular weight excluding hydrogens is 348 g/mol. The van der Waals surface area contributed by atoms with Gasteiger partial charge in [0.05, 0.1) is 23.9 Å². The molecule has 0 radical (unpaired) electrons. The van der Waals surface area contributed by atoms with Gasteiger partial charge in [-0.05, 0) is 36.4 Å². The van der Waals surface area contributed by atoms with E-state index in [1.165, 1.54) is 11.3 Å². The third kappa shape index (κ3) is 4.03. The number of methoxy groups -OCH3 is 1. The highest BCUT2D eigenvalue weighted by Crippen LogP contribution is 2.32. The summed E-state index contributed by atoms with van der Waals surface area (Å²) in [6, 6.07) is 15.0. The summed E-state index contributed by atoms with van der Waals surface area (Å²) in [7, 11) is 5.54. The van der Waals surface area contributed by atoms with Crippen LogP contribution < -0.4 is 9.64 Å². The van der Waals surface area contributed by atoms with Crippen molar-refractivity contribution < 1.29 is 14.3 Å². The molecule has 0 bridgehead atoms. The molecule has 3 rings (SSSR count). The third-order valence-electron chi connectivity index (χ3n) is 3.86. The molecule has 0 aliphatic rings. The number of nitrogens with zero attached hydrogens (tertiary/aromatic N) is 2. The molecule has 0 aliphatic carbocycles. The molecule has 5 nitrogen and oxygen atoms in total. The zero-order chi connectivity index (χ0) is 18.5. The lowest BCUT2D eigenvalue weighted by atomic mass is 10.2. The van der Waals surface area contributed by atoms with E-state index >= 15 is 0 Å². The lowest BCUT2D eigenvalue weighted by Gasteiger charge is -2.12. The zero-order valence-corrected chi connectivity index (χ0v) is 15.7. The molecule has 0 aliphatic heterocycles. The number of rotatable bonds is 6. The Kier molecular flexibility index (Phi) is 5.53. The second kappa shape index (κ2) is 8.01. The molecule has 0 amide bonds. The van der Waals surface area contributed by atoms with Gasteiger partial charge in [0.1, 0.15) is 17.4 Å². The fraction of sp³-hybridized carbons (Fsp3) is 0.200. The molecule has 2 aromatic carbocycles. The summed E-state index contributed by atoms with van der Waals surface area (Å²) in [6.45, 7) is 0.139. The number of hydrogen-bond donors (Lipinski definition) is 0. The molecule has 0 N–H and O–H groups in total. The number of aromatic nitrogens is 1. The first kappa shape index (κ1) is 17.9. The van der Waals surface area contributed by atoms with Crippen molar-refractivity contribution in [3.63, 3.8) is 0 Å². The first-order valence-corrected chi connectivity index (χ1v) is 8.98. The number of ether oxygens (including phenoxy) is 2. The minimum atomic E-state index is -0.359. The van der Waals surface area contributed by atoms with Crippen LogP contribution in [0.2, 0.25) is 0 Å². The average Bonchev–Trinajstić information content (AvgIpc) is 3.15. The minimum absolute atomic E-state index is 0.139. The SMILES string of the molecule is COc1ccccc1-c1nc(COC(=O)c2ccc(N(C)C)cc2)cs1. The number of thiazole rings is 1. The van der Waals surface area contributed by atoms with Crippen molar-refractivity contribution in [2.45, 2.75) is 6.61 Å². The van der Waals surface area contributed by atoms with E-state index in [9.17, 15) is 4.79 Å². The normalized spacial score (nSPS) is 10.4. The van der Waals surface area contributed by atoms with Crippen LogP contribution in [-0.4, -0.2) is 32.2 Å². The van der Waals surface area contributed by atoms with Crippen LogP contribution in [0.25, 0.3) is 10.6 Å². The number of esters is 1. The quantitative estimate of drug-likeness (QED) is 0.609. The maximum atomic E-state index is 12.2. The summed E-state index contributed by atoms with van der Waals surface area (Å²) in [4.78, 5) is 18.7. The Hall–Kier alpha value is -2.86. The molecule has 0 atom stereocenters. The predicted octanol–water partition coefficient (Wildman–Crippen LogP) is 4.24. The molecular formula is C20H20N2O3S. The van der Waals surface area contributed by atoms with E-state index in [0.29, 0.717) is 11.3 Å². The molecule has 1 heterocycles. The Labute approximate surface area is 156 Å². The molecule has 26 heavy (non-hydrogen) atoms. The highest BCUT2D eigenvalue weighted by atomic mass is 32.1. The Morgan fingerprint density at radius 2 is 1.85 bits per heavy atom. The van der Waals surface area contributed by atoms with Gasteiger partial charge in [0.2, 0.25) is 0 Å². The van der Waals surface area contributed by atoms with Crippen LogP contribution in [0, 0.1) is 0 Å². The maximum Gasteiger partial charge on any atom is 0.338 e. The van der Waals surface area contributed by atoms with E-state index in [1.807, 2.05) is 60.8 Å². The van der Waals surface area contributed by atoms with Crippen LogP contribution in [0.3, 0.4) is 0 Å². The van der Waals surface area contributed by atoms with Gasteiger partial charge in [-0.3, -0.25) is 0 Å². The first-order valence-electron chi connectivity index (χ1n) is 8.11. The molecule has 134 valence electrons. The van der Waals surface area contributed by atoms with E-state index < -0.39 is 0 Å². The lowest BCUT2D eigenvalue weighted by Crippen LogP contribution is -2.09. The van der Waals surface area contributed by atoms with Gasteiger partial charge < -0.3 is 14.4 Å². The van der Waals surface area contributed by atoms with Crippen molar-refractivity contribution in [3.8, 4) is 16.3 Å². The Morgan fingerprint density at radius 1 is 1.12 bits per heavy atom. The fourth-order valence-corrected chi connectivity index (χ4v) is 3.27. The Morgan fingerprint density at radius 3 is 2.54 bits per heavy atom. The molecule has 3 aromatic rings. The Bertz CT molecular complexity index is 888. The molecule has 0 saturated carbocycles. The fourth-order valence-electron chi connectivity index (χ4n) is 2.44. The first-order chi connectivity index (χ1) is 12.6. The van der Waals surface area contributed by atoms with E-state index in [0.717, 1.165) is 22.0 Å². The van der Waals surface area contributed by atoms with Gasteiger partial charge in [-0.1, -0.05) is 12.1 Å². The number of hydrogen-bond acceptors (Lipinski definition) is 6. The van der Waals surface area contributed by atoms with E-state index in [1.54, 1.807) is 19.2 Å². The number of carbonyl (C=O) groups is 1. The molecule has 0 fully saturated rings. The van der Waals surface area contributed by atoms with Gasteiger partial charge in [0, 0.05) is 25.2 Å². The van der Waals surface area contributed by atoms with Crippen LogP contribution >= 0.6 is 11.3 Å². The maximum absolute atomic E-state index is 12.2. The number of anilines is 1. The third-order valence-corrected chi connectivity index (χ3v) is 4.78. The average molecular weight is 368 g/mol. The molecule has 1 aromatic heterocycles. The highest BCUT2D eigenvalue weighted by Gasteiger charge is 2.12. The molecule has 0 saturated heterocycles. The molecule has 6 heteroatoms. The van der Waals surface area contributed by atoms with Crippen molar-refractivity contribution in [2.24, 2.45) is 0 Å². The van der Waals surface area contributed by atoms with E-state index in [-0.39, 0.29) is 12.6 Å². The summed E-state index contributed by atoms with van der Waals surface area (Å²) < 4.78 is 10.7. The summed E-state index contributed by atoms with van der Waals surface area (Å²) in [5.41, 5.74) is 3.20. The van der Waals surface area contributed by atoms with Gasteiger partial charge >= 0.3 is 5.97 Å². The lowest BCUT2D eigenvalue weighted by molar-refractivity contribution is 0.0468. The van der Waals surface area contributed by atoms with Gasteiger partial charge in [-0.2, -0.15) is 0 Å². The second-order valence-corrected chi connectivity index (χ2v) is 6.72. The van der Waals surface area contributed by atoms with Crippen molar-refractivity contribution in [2.75, 3.05) is 26.1 Å². The zero-order valence-electron chi connectivity index (χ0n) is 14.9. The van der Waals surface area contributed by atoms with Crippen LogP contribution in [0.4, 0.5) is 5.69 Å². The number of para-hydroxylation sites is 1. The van der Waals surface area contributed by atoms with Crippen molar-refractivity contribution in [1.82, 2.24) is 4.98 Å². The van der Waals surface area contributed by atoms with Crippen LogP contribution in [0.15, 0.2) is 53.9 Å². The summed E-state index contributed by atoms with van der Waals surface area (Å²) in [5, 5.41) is 2.73. The number of benzene rings is 2. The van der Waals surface area contributed by atoms with Crippen molar-refractivity contribution in [3.05, 3.63) is 65.2 Å². The molecule has 0 unspecified atom stereocenters. The molecule has 0 spiro atoms. The van der Waals surface area contributed by atoms with Gasteiger partial charge in [-0.25, -0.2) is 9.78 Å². The highest BCUT2D eigenvalue weighted by molar-refractivity contribution is 7.13. The van der Waals surface area contributed by atoms with Crippen molar-refractivity contribution in [1.29, 1.82) is 0 Å². The minimum Gasteiger partial charge on any atom is -0.496 e. The monoisotopic (exact) mass is 368 g/mol. The van der Waals surface area contributed by atoms with Gasteiger partial charge in [0.15, 0.2) is 0 Å². The second-order valence-electron chi connectivity index (χ2n) is 5.86. The van der Waals surface area contributed by atoms with Crippen molar-refractivity contribution >= 4 is 23.0 Å². The summed E-state index contributed by atoms with van der Waals surface area (Å²) in [6.07, 6.45) is 0. The Balaban J connectivity index is 1.65. The summed E-state index contributed by atoms with van der Waals surface area (Å²) >= 11 is 1.50. The van der Waals surface area contributed by atoms with Gasteiger partial charge in [0.25, 0.3) is 0 Å². The van der Waals surface area contributed by atoms with E-state index in [2.05, 4.69) is 4.98 Å². The topological polar surface area (TPSA) is 51.7 Å². The van der Waals surface area contributed by atoms with Crippen LogP contribution in [0.5, 0.6) is 5.75 Å². The summed E-state index contributed by atoms with van der Waals surface area (Å²) in [5.74, 6) is 0.411. The van der Waals surface area contributed by atoms with E-state index in [4.69, 9.17) is 9.47 Å². The van der Waals surface area contributed by atoms with Gasteiger partial charge in [-0.15, -0.1) is 11.3 Å².